The fourth-order valence-corrected chi connectivity index (χ4v) is 9.54. The standard InChI is InChI=1S/C59H37N3O2/c1-2-10-36(11-3-1)38-20-22-39(23-21-38)42-30-31-52-50(35-42)55-47(15-8-18-53(55)64-52)43-27-24-40-26-29-45(34-46(40)33-43)58-60-57(44-28-25-37-12-4-5-13-41(37)32-44)61-59(62-58)49-16-9-19-54-56(49)48-14-6-7-17-51(48)63-54/h1-35,59H,(H,60,61,62). The van der Waals surface area contributed by atoms with Gasteiger partial charge in [-0.15, -0.1) is 0 Å². The number of para-hydroxylation sites is 1. The van der Waals surface area contributed by atoms with Crippen LogP contribution in [0.2, 0.25) is 0 Å². The number of fused-ring (bicyclic) bond motifs is 8. The van der Waals surface area contributed by atoms with Crippen LogP contribution < -0.4 is 5.32 Å². The van der Waals surface area contributed by atoms with Crippen molar-refractivity contribution in [2.24, 2.45) is 9.98 Å². The van der Waals surface area contributed by atoms with E-state index in [0.717, 1.165) is 105 Å². The van der Waals surface area contributed by atoms with Crippen molar-refractivity contribution < 1.29 is 8.83 Å². The maximum Gasteiger partial charge on any atom is 0.159 e. The Labute approximate surface area is 368 Å². The molecule has 12 aromatic rings. The lowest BCUT2D eigenvalue weighted by Gasteiger charge is -2.24. The molecule has 5 nitrogen and oxygen atoms in total. The molecule has 0 amide bonds. The van der Waals surface area contributed by atoms with Gasteiger partial charge in [0.15, 0.2) is 5.84 Å². The molecule has 3 heterocycles. The Morgan fingerprint density at radius 1 is 0.359 bits per heavy atom. The number of nitrogens with one attached hydrogen (secondary N) is 1. The quantitative estimate of drug-likeness (QED) is 0.182. The van der Waals surface area contributed by atoms with E-state index in [0.29, 0.717) is 5.84 Å². The molecule has 10 aromatic carbocycles. The number of benzene rings is 10. The molecule has 1 atom stereocenters. The third-order valence-electron chi connectivity index (χ3n) is 12.7. The first-order chi connectivity index (χ1) is 31.7. The van der Waals surface area contributed by atoms with Crippen molar-refractivity contribution in [3.05, 3.63) is 229 Å². The lowest BCUT2D eigenvalue weighted by Crippen LogP contribution is -2.33. The number of furan rings is 2. The summed E-state index contributed by atoms with van der Waals surface area (Å²) in [4.78, 5) is 10.6. The van der Waals surface area contributed by atoms with Crippen LogP contribution in [0.5, 0.6) is 0 Å². The first kappa shape index (κ1) is 36.1. The van der Waals surface area contributed by atoms with Crippen LogP contribution in [0.3, 0.4) is 0 Å². The fraction of sp³-hybridized carbons (Fsp3) is 0.0169. The van der Waals surface area contributed by atoms with Crippen LogP contribution in [-0.2, 0) is 0 Å². The summed E-state index contributed by atoms with van der Waals surface area (Å²) in [5, 5.41) is 12.6. The molecule has 64 heavy (non-hydrogen) atoms. The molecule has 0 saturated heterocycles. The Hall–Kier alpha value is -8.54. The molecule has 300 valence electrons. The van der Waals surface area contributed by atoms with Gasteiger partial charge in [0.25, 0.3) is 0 Å². The topological polar surface area (TPSA) is 63.0 Å². The van der Waals surface area contributed by atoms with Crippen molar-refractivity contribution in [2.45, 2.75) is 6.17 Å². The smallest absolute Gasteiger partial charge is 0.159 e. The van der Waals surface area contributed by atoms with Crippen LogP contribution in [-0.4, -0.2) is 11.7 Å². The molecule has 1 aliphatic rings. The Morgan fingerprint density at radius 2 is 0.938 bits per heavy atom. The third kappa shape index (κ3) is 6.09. The summed E-state index contributed by atoms with van der Waals surface area (Å²) in [6.45, 7) is 0. The molecule has 1 N–H and O–H groups in total. The molecule has 1 unspecified atom stereocenters. The number of aliphatic imine (C=N–C) groups is 2. The van der Waals surface area contributed by atoms with Gasteiger partial charge < -0.3 is 14.2 Å². The second kappa shape index (κ2) is 14.5. The maximum atomic E-state index is 6.49. The molecular weight excluding hydrogens is 783 g/mol. The van der Waals surface area contributed by atoms with E-state index in [2.05, 4.69) is 193 Å². The van der Waals surface area contributed by atoms with Gasteiger partial charge in [-0.1, -0.05) is 164 Å². The molecule has 0 fully saturated rings. The van der Waals surface area contributed by atoms with Crippen LogP contribution in [0.25, 0.3) is 98.8 Å². The average Bonchev–Trinajstić information content (AvgIpc) is 3.94. The second-order valence-corrected chi connectivity index (χ2v) is 16.6. The summed E-state index contributed by atoms with van der Waals surface area (Å²) < 4.78 is 12.8. The van der Waals surface area contributed by atoms with E-state index in [1.165, 1.54) is 16.5 Å². The molecule has 0 bridgehead atoms. The van der Waals surface area contributed by atoms with Crippen LogP contribution in [0.4, 0.5) is 0 Å². The largest absolute Gasteiger partial charge is 0.456 e. The zero-order chi connectivity index (χ0) is 42.1. The lowest BCUT2D eigenvalue weighted by molar-refractivity contribution is 0.662. The number of hydrogen-bond acceptors (Lipinski definition) is 5. The van der Waals surface area contributed by atoms with Crippen LogP contribution in [0.1, 0.15) is 22.9 Å². The van der Waals surface area contributed by atoms with Crippen molar-refractivity contribution in [3.8, 4) is 33.4 Å². The summed E-state index contributed by atoms with van der Waals surface area (Å²) in [7, 11) is 0. The van der Waals surface area contributed by atoms with E-state index < -0.39 is 6.17 Å². The van der Waals surface area contributed by atoms with Crippen LogP contribution in [0, 0.1) is 0 Å². The SMILES string of the molecule is c1ccc(-c2ccc(-c3ccc4oc5cccc(-c6ccc7ccc(C8=NC(c9ccc%10ccccc%10c9)=NC(c9cccc%10oc%11ccccc%11c9%10)N8)cc7c6)c5c4c3)cc2)cc1. The van der Waals surface area contributed by atoms with Crippen LogP contribution >= 0.6 is 0 Å². The van der Waals surface area contributed by atoms with E-state index >= 15 is 0 Å². The van der Waals surface area contributed by atoms with Gasteiger partial charge >= 0.3 is 0 Å². The minimum absolute atomic E-state index is 0.417. The summed E-state index contributed by atoms with van der Waals surface area (Å²) >= 11 is 0. The summed E-state index contributed by atoms with van der Waals surface area (Å²) in [5.74, 6) is 1.43. The number of rotatable bonds is 6. The minimum atomic E-state index is -0.417. The highest BCUT2D eigenvalue weighted by atomic mass is 16.3. The summed E-state index contributed by atoms with van der Waals surface area (Å²) in [5.41, 5.74) is 13.4. The Balaban J connectivity index is 0.908. The average molecular weight is 820 g/mol. The second-order valence-electron chi connectivity index (χ2n) is 16.6. The molecule has 1 aliphatic heterocycles. The van der Waals surface area contributed by atoms with Crippen LogP contribution in [0.15, 0.2) is 231 Å². The summed E-state index contributed by atoms with van der Waals surface area (Å²) in [6.07, 6.45) is -0.417. The van der Waals surface area contributed by atoms with E-state index in [9.17, 15) is 0 Å². The highest BCUT2D eigenvalue weighted by molar-refractivity contribution is 6.17. The minimum Gasteiger partial charge on any atom is -0.456 e. The predicted octanol–water partition coefficient (Wildman–Crippen LogP) is 15.3. The Morgan fingerprint density at radius 3 is 1.78 bits per heavy atom. The monoisotopic (exact) mass is 819 g/mol. The molecule has 0 radical (unpaired) electrons. The first-order valence-electron chi connectivity index (χ1n) is 21.6. The number of nitrogens with zero attached hydrogens (tertiary/aromatic N) is 2. The van der Waals surface area contributed by atoms with Gasteiger partial charge in [0.05, 0.1) is 0 Å². The normalized spacial score (nSPS) is 14.1. The zero-order valence-corrected chi connectivity index (χ0v) is 34.5. The molecule has 2 aromatic heterocycles. The van der Waals surface area contributed by atoms with Crippen molar-refractivity contribution in [2.75, 3.05) is 0 Å². The van der Waals surface area contributed by atoms with Gasteiger partial charge in [-0.25, -0.2) is 9.98 Å². The van der Waals surface area contributed by atoms with Gasteiger partial charge in [-0.05, 0) is 103 Å². The van der Waals surface area contributed by atoms with Crippen molar-refractivity contribution in [3.63, 3.8) is 0 Å². The third-order valence-corrected chi connectivity index (χ3v) is 12.7. The predicted molar refractivity (Wildman–Crippen MR) is 264 cm³/mol. The van der Waals surface area contributed by atoms with Crippen molar-refractivity contribution >= 4 is 77.1 Å². The van der Waals surface area contributed by atoms with E-state index in [1.807, 2.05) is 24.3 Å². The highest BCUT2D eigenvalue weighted by Crippen LogP contribution is 2.40. The van der Waals surface area contributed by atoms with Gasteiger partial charge in [0, 0.05) is 38.2 Å². The van der Waals surface area contributed by atoms with Gasteiger partial charge in [-0.2, -0.15) is 0 Å². The molecule has 0 saturated carbocycles. The van der Waals surface area contributed by atoms with Crippen molar-refractivity contribution in [1.29, 1.82) is 0 Å². The highest BCUT2D eigenvalue weighted by Gasteiger charge is 2.25. The first-order valence-corrected chi connectivity index (χ1v) is 21.6. The van der Waals surface area contributed by atoms with Gasteiger partial charge in [-0.3, -0.25) is 0 Å². The van der Waals surface area contributed by atoms with E-state index in [4.69, 9.17) is 18.8 Å². The Kier molecular flexibility index (Phi) is 8.21. The van der Waals surface area contributed by atoms with E-state index in [1.54, 1.807) is 0 Å². The molecule has 0 spiro atoms. The fourth-order valence-electron chi connectivity index (χ4n) is 9.54. The number of amidine groups is 2. The van der Waals surface area contributed by atoms with E-state index in [-0.39, 0.29) is 0 Å². The maximum absolute atomic E-state index is 6.49. The molecular formula is C59H37N3O2. The molecule has 13 rings (SSSR count). The Bertz CT molecular complexity index is 3880. The zero-order valence-electron chi connectivity index (χ0n) is 34.5. The van der Waals surface area contributed by atoms with Gasteiger partial charge in [0.2, 0.25) is 0 Å². The molecule has 0 aliphatic carbocycles. The molecule has 5 heteroatoms. The van der Waals surface area contributed by atoms with Gasteiger partial charge in [0.1, 0.15) is 34.3 Å². The number of hydrogen-bond donors (Lipinski definition) is 1. The lowest BCUT2D eigenvalue weighted by atomic mass is 9.95. The summed E-state index contributed by atoms with van der Waals surface area (Å²) in [6, 6.07) is 74.8. The van der Waals surface area contributed by atoms with Crippen molar-refractivity contribution in [1.82, 2.24) is 5.32 Å².